The summed E-state index contributed by atoms with van der Waals surface area (Å²) in [6.45, 7) is 6.62. The Morgan fingerprint density at radius 2 is 2.41 bits per heavy atom. The van der Waals surface area contributed by atoms with Crippen LogP contribution in [0.25, 0.3) is 0 Å². The molecule has 1 fully saturated rings. The molecule has 96 valence electrons. The Labute approximate surface area is 104 Å². The van der Waals surface area contributed by atoms with Crippen molar-refractivity contribution in [3.8, 4) is 0 Å². The SMILES string of the molecule is CCC1CCCN(Cc2cc(CNC)co2)C1. The first kappa shape index (κ1) is 12.7. The van der Waals surface area contributed by atoms with Crippen LogP contribution < -0.4 is 5.32 Å². The summed E-state index contributed by atoms with van der Waals surface area (Å²) in [4.78, 5) is 2.53. The molecule has 1 unspecified atom stereocenters. The third-order valence-corrected chi connectivity index (χ3v) is 3.65. The third-order valence-electron chi connectivity index (χ3n) is 3.65. The number of hydrogen-bond acceptors (Lipinski definition) is 3. The topological polar surface area (TPSA) is 28.4 Å². The van der Waals surface area contributed by atoms with Gasteiger partial charge in [0, 0.05) is 18.7 Å². The number of nitrogens with zero attached hydrogens (tertiary/aromatic N) is 1. The van der Waals surface area contributed by atoms with Crippen LogP contribution in [0, 0.1) is 5.92 Å². The smallest absolute Gasteiger partial charge is 0.118 e. The van der Waals surface area contributed by atoms with Crippen molar-refractivity contribution in [3.05, 3.63) is 23.7 Å². The fourth-order valence-corrected chi connectivity index (χ4v) is 2.65. The predicted molar refractivity (Wildman–Crippen MR) is 69.8 cm³/mol. The van der Waals surface area contributed by atoms with Crippen molar-refractivity contribution >= 4 is 0 Å². The summed E-state index contributed by atoms with van der Waals surface area (Å²) in [5, 5.41) is 3.14. The average Bonchev–Trinajstić information content (AvgIpc) is 2.77. The minimum Gasteiger partial charge on any atom is -0.468 e. The van der Waals surface area contributed by atoms with Gasteiger partial charge in [0.25, 0.3) is 0 Å². The Morgan fingerprint density at radius 3 is 3.18 bits per heavy atom. The molecule has 1 aromatic heterocycles. The third kappa shape index (κ3) is 3.58. The van der Waals surface area contributed by atoms with Gasteiger partial charge in [-0.25, -0.2) is 0 Å². The van der Waals surface area contributed by atoms with Gasteiger partial charge in [-0.3, -0.25) is 4.90 Å². The lowest BCUT2D eigenvalue weighted by atomic mass is 9.96. The minimum absolute atomic E-state index is 0.885. The zero-order valence-electron chi connectivity index (χ0n) is 11.0. The van der Waals surface area contributed by atoms with Crippen LogP contribution in [0.4, 0.5) is 0 Å². The number of rotatable bonds is 5. The van der Waals surface area contributed by atoms with Crippen LogP contribution >= 0.6 is 0 Å². The minimum atomic E-state index is 0.885. The molecule has 17 heavy (non-hydrogen) atoms. The van der Waals surface area contributed by atoms with Gasteiger partial charge in [-0.1, -0.05) is 13.3 Å². The zero-order valence-corrected chi connectivity index (χ0v) is 11.0. The highest BCUT2D eigenvalue weighted by molar-refractivity contribution is 5.12. The molecule has 0 radical (unpaired) electrons. The maximum Gasteiger partial charge on any atom is 0.118 e. The molecule has 2 heterocycles. The molecule has 1 N–H and O–H groups in total. The molecule has 0 spiro atoms. The van der Waals surface area contributed by atoms with E-state index in [4.69, 9.17) is 4.42 Å². The Balaban J connectivity index is 1.86. The molecule has 0 amide bonds. The van der Waals surface area contributed by atoms with E-state index in [2.05, 4.69) is 23.2 Å². The van der Waals surface area contributed by atoms with Crippen LogP contribution in [0.1, 0.15) is 37.5 Å². The van der Waals surface area contributed by atoms with Crippen molar-refractivity contribution in [3.63, 3.8) is 0 Å². The van der Waals surface area contributed by atoms with Crippen LogP contribution in [0.2, 0.25) is 0 Å². The van der Waals surface area contributed by atoms with Crippen molar-refractivity contribution in [2.24, 2.45) is 5.92 Å². The lowest BCUT2D eigenvalue weighted by molar-refractivity contribution is 0.154. The summed E-state index contributed by atoms with van der Waals surface area (Å²) in [7, 11) is 1.96. The summed E-state index contributed by atoms with van der Waals surface area (Å²) < 4.78 is 5.61. The van der Waals surface area contributed by atoms with Gasteiger partial charge in [0.15, 0.2) is 0 Å². The summed E-state index contributed by atoms with van der Waals surface area (Å²) >= 11 is 0. The monoisotopic (exact) mass is 236 g/mol. The molecule has 1 atom stereocenters. The maximum absolute atomic E-state index is 5.61. The van der Waals surface area contributed by atoms with E-state index in [1.165, 1.54) is 37.9 Å². The number of furan rings is 1. The maximum atomic E-state index is 5.61. The molecule has 3 heteroatoms. The molecule has 1 aromatic rings. The van der Waals surface area contributed by atoms with E-state index >= 15 is 0 Å². The summed E-state index contributed by atoms with van der Waals surface area (Å²) in [6.07, 6.45) is 5.91. The highest BCUT2D eigenvalue weighted by Crippen LogP contribution is 2.21. The predicted octanol–water partition coefficient (Wildman–Crippen LogP) is 2.62. The number of likely N-dealkylation sites (tertiary alicyclic amines) is 1. The fourth-order valence-electron chi connectivity index (χ4n) is 2.65. The Hall–Kier alpha value is -0.800. The van der Waals surface area contributed by atoms with E-state index in [1.807, 2.05) is 13.3 Å². The molecule has 3 nitrogen and oxygen atoms in total. The van der Waals surface area contributed by atoms with E-state index < -0.39 is 0 Å². The first-order valence-electron chi connectivity index (χ1n) is 6.75. The van der Waals surface area contributed by atoms with Crippen LogP contribution in [-0.4, -0.2) is 25.0 Å². The van der Waals surface area contributed by atoms with Crippen molar-refractivity contribution < 1.29 is 4.42 Å². The van der Waals surface area contributed by atoms with E-state index in [9.17, 15) is 0 Å². The molecular weight excluding hydrogens is 212 g/mol. The second-order valence-corrected chi connectivity index (χ2v) is 5.10. The molecule has 2 rings (SSSR count). The van der Waals surface area contributed by atoms with Crippen molar-refractivity contribution in [2.75, 3.05) is 20.1 Å². The van der Waals surface area contributed by atoms with Gasteiger partial charge in [-0.05, 0) is 38.4 Å². The second-order valence-electron chi connectivity index (χ2n) is 5.10. The first-order chi connectivity index (χ1) is 8.31. The summed E-state index contributed by atoms with van der Waals surface area (Å²) in [5.74, 6) is 1.99. The lowest BCUT2D eigenvalue weighted by Crippen LogP contribution is -2.34. The number of nitrogens with one attached hydrogen (secondary N) is 1. The molecule has 1 saturated heterocycles. The zero-order chi connectivity index (χ0) is 12.1. The van der Waals surface area contributed by atoms with E-state index in [-0.39, 0.29) is 0 Å². The van der Waals surface area contributed by atoms with Crippen molar-refractivity contribution in [1.82, 2.24) is 10.2 Å². The van der Waals surface area contributed by atoms with Gasteiger partial charge in [0.05, 0.1) is 12.8 Å². The van der Waals surface area contributed by atoms with Crippen LogP contribution in [-0.2, 0) is 13.1 Å². The highest BCUT2D eigenvalue weighted by atomic mass is 16.3. The number of piperidine rings is 1. The van der Waals surface area contributed by atoms with Gasteiger partial charge in [-0.2, -0.15) is 0 Å². The molecule has 0 aromatic carbocycles. The van der Waals surface area contributed by atoms with E-state index in [0.29, 0.717) is 0 Å². The first-order valence-corrected chi connectivity index (χ1v) is 6.75. The quantitative estimate of drug-likeness (QED) is 0.852. The van der Waals surface area contributed by atoms with Gasteiger partial charge >= 0.3 is 0 Å². The van der Waals surface area contributed by atoms with Gasteiger partial charge in [-0.15, -0.1) is 0 Å². The van der Waals surface area contributed by atoms with E-state index in [0.717, 1.165) is 24.8 Å². The molecule has 1 aliphatic heterocycles. The highest BCUT2D eigenvalue weighted by Gasteiger charge is 2.19. The fraction of sp³-hybridized carbons (Fsp3) is 0.714. The Morgan fingerprint density at radius 1 is 1.53 bits per heavy atom. The summed E-state index contributed by atoms with van der Waals surface area (Å²) in [5.41, 5.74) is 1.24. The summed E-state index contributed by atoms with van der Waals surface area (Å²) in [6, 6.07) is 2.17. The van der Waals surface area contributed by atoms with Crippen LogP contribution in [0.5, 0.6) is 0 Å². The van der Waals surface area contributed by atoms with Crippen LogP contribution in [0.15, 0.2) is 16.7 Å². The standard InChI is InChI=1S/C14H24N2O/c1-3-12-5-4-6-16(9-12)10-14-7-13(8-15-2)11-17-14/h7,11-12,15H,3-6,8-10H2,1-2H3. The largest absolute Gasteiger partial charge is 0.468 e. The molecular formula is C14H24N2O. The van der Waals surface area contributed by atoms with Crippen LogP contribution in [0.3, 0.4) is 0 Å². The molecule has 0 saturated carbocycles. The van der Waals surface area contributed by atoms with Gasteiger partial charge < -0.3 is 9.73 Å². The van der Waals surface area contributed by atoms with Gasteiger partial charge in [0.2, 0.25) is 0 Å². The molecule has 0 aliphatic carbocycles. The van der Waals surface area contributed by atoms with E-state index in [1.54, 1.807) is 0 Å². The average molecular weight is 236 g/mol. The van der Waals surface area contributed by atoms with Crippen molar-refractivity contribution in [2.45, 2.75) is 39.3 Å². The normalized spacial score (nSPS) is 21.9. The Kier molecular flexibility index (Phi) is 4.63. The molecule has 1 aliphatic rings. The Bertz CT molecular complexity index is 335. The lowest BCUT2D eigenvalue weighted by Gasteiger charge is -2.31. The second kappa shape index (κ2) is 6.22. The molecule has 0 bridgehead atoms. The van der Waals surface area contributed by atoms with Gasteiger partial charge in [0.1, 0.15) is 5.76 Å². The van der Waals surface area contributed by atoms with Crippen molar-refractivity contribution in [1.29, 1.82) is 0 Å². The number of hydrogen-bond donors (Lipinski definition) is 1.